The van der Waals surface area contributed by atoms with E-state index in [0.29, 0.717) is 0 Å². The van der Waals surface area contributed by atoms with E-state index in [1.54, 1.807) is 0 Å². The highest BCUT2D eigenvalue weighted by atomic mass is 35.5. The molecular weight excluding hydrogens is 134 g/mol. The Morgan fingerprint density at radius 3 is 2.33 bits per heavy atom. The number of halogens is 1. The first-order valence-corrected chi connectivity index (χ1v) is 3.55. The van der Waals surface area contributed by atoms with E-state index in [1.165, 1.54) is 19.5 Å². The lowest BCUT2D eigenvalue weighted by molar-refractivity contribution is 0.440. The van der Waals surface area contributed by atoms with E-state index in [4.69, 9.17) is 0 Å². The average Bonchev–Trinajstić information content (AvgIpc) is 2.14. The van der Waals surface area contributed by atoms with Crippen LogP contribution >= 0.6 is 12.4 Å². The van der Waals surface area contributed by atoms with Gasteiger partial charge in [-0.3, -0.25) is 0 Å². The van der Waals surface area contributed by atoms with Crippen LogP contribution in [-0.2, 0) is 0 Å². The summed E-state index contributed by atoms with van der Waals surface area (Å²) in [7, 11) is 0. The molecule has 1 N–H and O–H groups in total. The molecule has 0 aromatic heterocycles. The highest BCUT2D eigenvalue weighted by molar-refractivity contribution is 5.85. The zero-order chi connectivity index (χ0) is 5.98. The molecule has 0 aliphatic carbocycles. The fourth-order valence-electron chi connectivity index (χ4n) is 1.41. The normalized spacial score (nSPS) is 34.0. The zero-order valence-electron chi connectivity index (χ0n) is 6.18. The number of rotatable bonds is 1. The second-order valence-electron chi connectivity index (χ2n) is 2.80. The summed E-state index contributed by atoms with van der Waals surface area (Å²) in [6.45, 7) is 7.08. The first-order valence-electron chi connectivity index (χ1n) is 3.55. The van der Waals surface area contributed by atoms with Gasteiger partial charge in [0.1, 0.15) is 0 Å². The summed E-state index contributed by atoms with van der Waals surface area (Å²) in [6, 6.07) is 0. The predicted molar refractivity (Wildman–Crippen MR) is 43.1 cm³/mol. The zero-order valence-corrected chi connectivity index (χ0v) is 7.00. The van der Waals surface area contributed by atoms with Crippen molar-refractivity contribution in [3.05, 3.63) is 0 Å². The molecule has 0 spiro atoms. The van der Waals surface area contributed by atoms with Crippen LogP contribution in [0.4, 0.5) is 0 Å². The molecule has 0 aromatic carbocycles. The van der Waals surface area contributed by atoms with Gasteiger partial charge >= 0.3 is 0 Å². The quantitative estimate of drug-likeness (QED) is 0.598. The molecule has 56 valence electrons. The van der Waals surface area contributed by atoms with Crippen molar-refractivity contribution in [2.24, 2.45) is 11.8 Å². The highest BCUT2D eigenvalue weighted by Gasteiger charge is 2.20. The Bertz CT molecular complexity index is 75.3. The smallest absolute Gasteiger partial charge is 0.00175 e. The highest BCUT2D eigenvalue weighted by Crippen LogP contribution is 2.17. The van der Waals surface area contributed by atoms with Crippen molar-refractivity contribution >= 4 is 12.4 Å². The summed E-state index contributed by atoms with van der Waals surface area (Å²) in [5.74, 6) is 1.87. The fraction of sp³-hybridized carbons (Fsp3) is 1.00. The summed E-state index contributed by atoms with van der Waals surface area (Å²) in [5.41, 5.74) is 0. The standard InChI is InChI=1S/C7H15N.ClH/c1-3-7-5-8-4-6(7)2;/h6-8H,3-5H2,1-2H3;1H/t6-,7-;/m0./s1. The van der Waals surface area contributed by atoms with E-state index < -0.39 is 0 Å². The Kier molecular flexibility index (Phi) is 4.24. The number of nitrogens with one attached hydrogen (secondary N) is 1. The maximum absolute atomic E-state index is 3.37. The summed E-state index contributed by atoms with van der Waals surface area (Å²) in [4.78, 5) is 0. The molecule has 1 heterocycles. The average molecular weight is 150 g/mol. The van der Waals surface area contributed by atoms with Crippen LogP contribution < -0.4 is 5.32 Å². The Morgan fingerprint density at radius 2 is 2.11 bits per heavy atom. The van der Waals surface area contributed by atoms with Crippen LogP contribution in [0.3, 0.4) is 0 Å². The Balaban J connectivity index is 0.000000640. The van der Waals surface area contributed by atoms with Gasteiger partial charge in [-0.1, -0.05) is 20.3 Å². The van der Waals surface area contributed by atoms with E-state index in [2.05, 4.69) is 19.2 Å². The van der Waals surface area contributed by atoms with Crippen LogP contribution in [0.2, 0.25) is 0 Å². The monoisotopic (exact) mass is 149 g/mol. The minimum Gasteiger partial charge on any atom is -0.316 e. The molecule has 1 rings (SSSR count). The van der Waals surface area contributed by atoms with Crippen molar-refractivity contribution in [3.8, 4) is 0 Å². The molecule has 0 aromatic rings. The lowest BCUT2D eigenvalue weighted by Crippen LogP contribution is -2.07. The molecule has 0 radical (unpaired) electrons. The second-order valence-corrected chi connectivity index (χ2v) is 2.80. The second kappa shape index (κ2) is 4.13. The molecule has 1 aliphatic heterocycles. The van der Waals surface area contributed by atoms with Gasteiger partial charge in [0, 0.05) is 0 Å². The summed E-state index contributed by atoms with van der Waals surface area (Å²) in [6.07, 6.45) is 1.34. The van der Waals surface area contributed by atoms with Gasteiger partial charge in [0.05, 0.1) is 0 Å². The topological polar surface area (TPSA) is 12.0 Å². The van der Waals surface area contributed by atoms with Crippen molar-refractivity contribution in [1.82, 2.24) is 5.32 Å². The minimum atomic E-state index is 0. The van der Waals surface area contributed by atoms with Crippen LogP contribution in [0, 0.1) is 11.8 Å². The first kappa shape index (κ1) is 9.25. The van der Waals surface area contributed by atoms with Gasteiger partial charge in [-0.2, -0.15) is 0 Å². The van der Waals surface area contributed by atoms with Crippen molar-refractivity contribution in [2.75, 3.05) is 13.1 Å². The lowest BCUT2D eigenvalue weighted by Gasteiger charge is -2.08. The third-order valence-corrected chi connectivity index (χ3v) is 2.20. The molecule has 1 saturated heterocycles. The molecule has 2 atom stereocenters. The molecule has 9 heavy (non-hydrogen) atoms. The SMILES string of the molecule is CC[C@H]1CNC[C@@H]1C.Cl. The van der Waals surface area contributed by atoms with E-state index >= 15 is 0 Å². The molecule has 1 aliphatic rings. The molecule has 1 fully saturated rings. The number of hydrogen-bond acceptors (Lipinski definition) is 1. The minimum absolute atomic E-state index is 0. The Hall–Kier alpha value is 0.250. The van der Waals surface area contributed by atoms with E-state index in [1.807, 2.05) is 0 Å². The van der Waals surface area contributed by atoms with E-state index in [-0.39, 0.29) is 12.4 Å². The molecule has 1 nitrogen and oxygen atoms in total. The van der Waals surface area contributed by atoms with Gasteiger partial charge < -0.3 is 5.32 Å². The Labute approximate surface area is 63.6 Å². The summed E-state index contributed by atoms with van der Waals surface area (Å²) < 4.78 is 0. The van der Waals surface area contributed by atoms with E-state index in [9.17, 15) is 0 Å². The van der Waals surface area contributed by atoms with Gasteiger partial charge in [-0.15, -0.1) is 12.4 Å². The maximum atomic E-state index is 3.37. The maximum Gasteiger partial charge on any atom is -0.00175 e. The molecule has 0 bridgehead atoms. The summed E-state index contributed by atoms with van der Waals surface area (Å²) >= 11 is 0. The third-order valence-electron chi connectivity index (χ3n) is 2.20. The van der Waals surface area contributed by atoms with E-state index in [0.717, 1.165) is 11.8 Å². The van der Waals surface area contributed by atoms with Gasteiger partial charge in [-0.25, -0.2) is 0 Å². The lowest BCUT2D eigenvalue weighted by atomic mass is 9.96. The molecular formula is C7H16ClN. The van der Waals surface area contributed by atoms with Crippen molar-refractivity contribution in [1.29, 1.82) is 0 Å². The third kappa shape index (κ3) is 2.15. The van der Waals surface area contributed by atoms with Gasteiger partial charge in [0.25, 0.3) is 0 Å². The molecule has 0 amide bonds. The Morgan fingerprint density at radius 1 is 1.44 bits per heavy atom. The predicted octanol–water partition coefficient (Wildman–Crippen LogP) is 1.67. The van der Waals surface area contributed by atoms with Crippen molar-refractivity contribution in [3.63, 3.8) is 0 Å². The van der Waals surface area contributed by atoms with Gasteiger partial charge in [0.15, 0.2) is 0 Å². The number of hydrogen-bond donors (Lipinski definition) is 1. The first-order chi connectivity index (χ1) is 3.84. The van der Waals surface area contributed by atoms with Crippen LogP contribution in [0.1, 0.15) is 20.3 Å². The molecule has 0 unspecified atom stereocenters. The fourth-order valence-corrected chi connectivity index (χ4v) is 1.41. The van der Waals surface area contributed by atoms with Crippen LogP contribution in [0.15, 0.2) is 0 Å². The van der Waals surface area contributed by atoms with Crippen LogP contribution in [-0.4, -0.2) is 13.1 Å². The van der Waals surface area contributed by atoms with Crippen LogP contribution in [0.25, 0.3) is 0 Å². The van der Waals surface area contributed by atoms with Crippen molar-refractivity contribution in [2.45, 2.75) is 20.3 Å². The largest absolute Gasteiger partial charge is 0.316 e. The molecule has 0 saturated carbocycles. The van der Waals surface area contributed by atoms with Gasteiger partial charge in [-0.05, 0) is 24.9 Å². The van der Waals surface area contributed by atoms with Crippen LogP contribution in [0.5, 0.6) is 0 Å². The summed E-state index contributed by atoms with van der Waals surface area (Å²) in [5, 5.41) is 3.37. The van der Waals surface area contributed by atoms with Gasteiger partial charge in [0.2, 0.25) is 0 Å². The van der Waals surface area contributed by atoms with Crippen molar-refractivity contribution < 1.29 is 0 Å². The molecule has 2 heteroatoms.